The van der Waals surface area contributed by atoms with Gasteiger partial charge in [0.2, 0.25) is 11.0 Å². The van der Waals surface area contributed by atoms with Crippen LogP contribution >= 0.6 is 11.3 Å². The lowest BCUT2D eigenvalue weighted by atomic mass is 10.1. The summed E-state index contributed by atoms with van der Waals surface area (Å²) in [5, 5.41) is 12.0. The highest BCUT2D eigenvalue weighted by atomic mass is 32.1. The van der Waals surface area contributed by atoms with Crippen LogP contribution in [0.1, 0.15) is 48.2 Å². The van der Waals surface area contributed by atoms with Gasteiger partial charge in [-0.1, -0.05) is 37.3 Å². The lowest BCUT2D eigenvalue weighted by Crippen LogP contribution is -2.14. The van der Waals surface area contributed by atoms with Gasteiger partial charge in [-0.15, -0.1) is 10.2 Å². The Morgan fingerprint density at radius 2 is 1.92 bits per heavy atom. The summed E-state index contributed by atoms with van der Waals surface area (Å²) in [5.41, 5.74) is 0.0752. The second-order valence-corrected chi connectivity index (χ2v) is 7.17. The van der Waals surface area contributed by atoms with Gasteiger partial charge < -0.3 is 5.32 Å². The minimum atomic E-state index is -4.34. The SMILES string of the molecule is CC(C)c1nnc(NC(=O)C2CC2c2ccc(C(F)(F)F)cc2)s1. The Morgan fingerprint density at radius 3 is 2.46 bits per heavy atom. The molecule has 2 aromatic rings. The molecule has 128 valence electrons. The van der Waals surface area contributed by atoms with Crippen molar-refractivity contribution in [1.29, 1.82) is 0 Å². The first-order valence-electron chi connectivity index (χ1n) is 7.57. The van der Waals surface area contributed by atoms with Crippen LogP contribution in [0.3, 0.4) is 0 Å². The summed E-state index contributed by atoms with van der Waals surface area (Å²) in [6.07, 6.45) is -3.71. The normalized spacial score (nSPS) is 20.2. The van der Waals surface area contributed by atoms with Crippen LogP contribution in [0.4, 0.5) is 18.3 Å². The van der Waals surface area contributed by atoms with Crippen molar-refractivity contribution in [3.8, 4) is 0 Å². The number of carbonyl (C=O) groups is 1. The largest absolute Gasteiger partial charge is 0.416 e. The number of amides is 1. The van der Waals surface area contributed by atoms with Crippen molar-refractivity contribution < 1.29 is 18.0 Å². The fraction of sp³-hybridized carbons (Fsp3) is 0.438. The molecule has 1 N–H and O–H groups in total. The molecule has 24 heavy (non-hydrogen) atoms. The molecular weight excluding hydrogens is 339 g/mol. The molecule has 4 nitrogen and oxygen atoms in total. The molecule has 1 aliphatic rings. The monoisotopic (exact) mass is 355 g/mol. The smallest absolute Gasteiger partial charge is 0.300 e. The van der Waals surface area contributed by atoms with Gasteiger partial charge in [-0.05, 0) is 30.0 Å². The Hall–Kier alpha value is -1.96. The van der Waals surface area contributed by atoms with Crippen LogP contribution in [0.15, 0.2) is 24.3 Å². The number of halogens is 3. The average molecular weight is 355 g/mol. The Balaban J connectivity index is 1.61. The van der Waals surface area contributed by atoms with Crippen molar-refractivity contribution >= 4 is 22.4 Å². The number of alkyl halides is 3. The molecule has 1 aromatic heterocycles. The van der Waals surface area contributed by atoms with Crippen LogP contribution in [0.2, 0.25) is 0 Å². The highest BCUT2D eigenvalue weighted by Crippen LogP contribution is 2.48. The van der Waals surface area contributed by atoms with E-state index in [2.05, 4.69) is 15.5 Å². The third-order valence-electron chi connectivity index (χ3n) is 3.96. The van der Waals surface area contributed by atoms with Crippen molar-refractivity contribution in [2.75, 3.05) is 5.32 Å². The summed E-state index contributed by atoms with van der Waals surface area (Å²) in [5.74, 6) is -0.182. The maximum atomic E-state index is 12.6. The first-order chi connectivity index (χ1) is 11.3. The Labute approximate surface area is 141 Å². The van der Waals surface area contributed by atoms with Gasteiger partial charge in [0.15, 0.2) is 0 Å². The molecule has 0 saturated heterocycles. The highest BCUT2D eigenvalue weighted by Gasteiger charge is 2.44. The van der Waals surface area contributed by atoms with E-state index in [1.54, 1.807) is 0 Å². The topological polar surface area (TPSA) is 54.9 Å². The minimum Gasteiger partial charge on any atom is -0.300 e. The van der Waals surface area contributed by atoms with E-state index < -0.39 is 11.7 Å². The van der Waals surface area contributed by atoms with Gasteiger partial charge >= 0.3 is 6.18 Å². The molecule has 2 atom stereocenters. The Morgan fingerprint density at radius 1 is 1.25 bits per heavy atom. The zero-order valence-electron chi connectivity index (χ0n) is 13.1. The van der Waals surface area contributed by atoms with Crippen LogP contribution in [-0.4, -0.2) is 16.1 Å². The number of aromatic nitrogens is 2. The lowest BCUT2D eigenvalue weighted by molar-refractivity contribution is -0.137. The summed E-state index contributed by atoms with van der Waals surface area (Å²) in [7, 11) is 0. The maximum absolute atomic E-state index is 12.6. The van der Waals surface area contributed by atoms with Gasteiger partial charge in [-0.25, -0.2) is 0 Å². The van der Waals surface area contributed by atoms with Crippen molar-refractivity contribution in [2.24, 2.45) is 5.92 Å². The molecule has 1 aliphatic carbocycles. The number of rotatable bonds is 4. The molecule has 8 heteroatoms. The predicted molar refractivity (Wildman–Crippen MR) is 84.9 cm³/mol. The van der Waals surface area contributed by atoms with Crippen LogP contribution < -0.4 is 5.32 Å². The second kappa shape index (κ2) is 6.16. The van der Waals surface area contributed by atoms with Crippen molar-refractivity contribution in [3.05, 3.63) is 40.4 Å². The molecule has 0 aliphatic heterocycles. The summed E-state index contributed by atoms with van der Waals surface area (Å²) in [4.78, 5) is 12.2. The van der Waals surface area contributed by atoms with Crippen LogP contribution in [-0.2, 0) is 11.0 Å². The molecule has 1 fully saturated rings. The van der Waals surface area contributed by atoms with E-state index in [1.807, 2.05) is 13.8 Å². The van der Waals surface area contributed by atoms with Gasteiger partial charge in [-0.2, -0.15) is 13.2 Å². The average Bonchev–Trinajstić information content (AvgIpc) is 3.18. The zero-order valence-corrected chi connectivity index (χ0v) is 13.9. The lowest BCUT2D eigenvalue weighted by Gasteiger charge is -2.07. The standard InChI is InChI=1S/C16H16F3N3OS/c1-8(2)14-21-22-15(24-14)20-13(23)12-7-11(12)9-3-5-10(6-4-9)16(17,18)19/h3-6,8,11-12H,7H2,1-2H3,(H,20,22,23). The fourth-order valence-corrected chi connectivity index (χ4v) is 3.24. The van der Waals surface area contributed by atoms with Gasteiger partial charge in [0.1, 0.15) is 5.01 Å². The third kappa shape index (κ3) is 3.58. The van der Waals surface area contributed by atoms with E-state index in [1.165, 1.54) is 23.5 Å². The molecule has 0 bridgehead atoms. The first-order valence-corrected chi connectivity index (χ1v) is 8.38. The van der Waals surface area contributed by atoms with E-state index in [-0.39, 0.29) is 23.7 Å². The molecule has 1 aromatic carbocycles. The molecular formula is C16H16F3N3OS. The molecule has 0 spiro atoms. The molecule has 1 saturated carbocycles. The van der Waals surface area contributed by atoms with Gasteiger partial charge in [0.05, 0.1) is 5.56 Å². The summed E-state index contributed by atoms with van der Waals surface area (Å²) >= 11 is 1.34. The summed E-state index contributed by atoms with van der Waals surface area (Å²) < 4.78 is 37.7. The van der Waals surface area contributed by atoms with E-state index in [0.29, 0.717) is 11.6 Å². The second-order valence-electron chi connectivity index (χ2n) is 6.16. The van der Waals surface area contributed by atoms with E-state index >= 15 is 0 Å². The number of hydrogen-bond donors (Lipinski definition) is 1. The van der Waals surface area contributed by atoms with E-state index in [4.69, 9.17) is 0 Å². The number of hydrogen-bond acceptors (Lipinski definition) is 4. The van der Waals surface area contributed by atoms with Gasteiger partial charge in [0.25, 0.3) is 0 Å². The highest BCUT2D eigenvalue weighted by molar-refractivity contribution is 7.15. The zero-order chi connectivity index (χ0) is 17.5. The van der Waals surface area contributed by atoms with Gasteiger partial charge in [0, 0.05) is 11.8 Å². The van der Waals surface area contributed by atoms with Crippen molar-refractivity contribution in [3.63, 3.8) is 0 Å². The van der Waals surface area contributed by atoms with Crippen molar-refractivity contribution in [1.82, 2.24) is 10.2 Å². The Kier molecular flexibility index (Phi) is 4.33. The van der Waals surface area contributed by atoms with Crippen LogP contribution in [0.25, 0.3) is 0 Å². The number of anilines is 1. The predicted octanol–water partition coefficient (Wildman–Crippen LogP) is 4.42. The fourth-order valence-electron chi connectivity index (χ4n) is 2.49. The quantitative estimate of drug-likeness (QED) is 0.883. The number of carbonyl (C=O) groups excluding carboxylic acids is 1. The minimum absolute atomic E-state index is 0.0372. The van der Waals surface area contributed by atoms with Gasteiger partial charge in [-0.3, -0.25) is 4.79 Å². The molecule has 0 radical (unpaired) electrons. The summed E-state index contributed by atoms with van der Waals surface area (Å²) in [6.45, 7) is 3.99. The molecule has 2 unspecified atom stereocenters. The maximum Gasteiger partial charge on any atom is 0.416 e. The van der Waals surface area contributed by atoms with E-state index in [9.17, 15) is 18.0 Å². The van der Waals surface area contributed by atoms with Crippen molar-refractivity contribution in [2.45, 2.75) is 38.3 Å². The molecule has 1 amide bonds. The summed E-state index contributed by atoms with van der Waals surface area (Å²) in [6, 6.07) is 5.01. The third-order valence-corrected chi connectivity index (χ3v) is 5.10. The van der Waals surface area contributed by atoms with Crippen LogP contribution in [0.5, 0.6) is 0 Å². The molecule has 1 heterocycles. The van der Waals surface area contributed by atoms with Crippen LogP contribution in [0, 0.1) is 5.92 Å². The molecule has 3 rings (SSSR count). The first kappa shape index (κ1) is 16.9. The number of nitrogens with one attached hydrogen (secondary N) is 1. The number of benzene rings is 1. The number of nitrogens with zero attached hydrogens (tertiary/aromatic N) is 2. The van der Waals surface area contributed by atoms with E-state index in [0.717, 1.165) is 22.7 Å². The Bertz CT molecular complexity index is 740.